The molecule has 4 heteroatoms. The molecule has 0 fully saturated rings. The van der Waals surface area contributed by atoms with Crippen LogP contribution < -0.4 is 11.5 Å². The van der Waals surface area contributed by atoms with Crippen LogP contribution in [0.5, 0.6) is 0 Å². The van der Waals surface area contributed by atoms with Crippen LogP contribution in [-0.4, -0.2) is 24.7 Å². The van der Waals surface area contributed by atoms with Gasteiger partial charge in [0.25, 0.3) is 0 Å². The second kappa shape index (κ2) is 12.3. The van der Waals surface area contributed by atoms with Crippen molar-refractivity contribution >= 4 is 11.6 Å². The molecule has 0 aliphatic heterocycles. The van der Waals surface area contributed by atoms with Crippen molar-refractivity contribution in [2.75, 3.05) is 13.1 Å². The molecular weight excluding hydrogens is 324 g/mol. The molecule has 0 atom stereocenters. The Balaban J connectivity index is 5.51. The maximum Gasteiger partial charge on any atom is 0.155 e. The molecule has 4 nitrogen and oxygen atoms in total. The first-order valence-electron chi connectivity index (χ1n) is 8.98. The van der Waals surface area contributed by atoms with Crippen molar-refractivity contribution < 1.29 is 9.59 Å². The van der Waals surface area contributed by atoms with Crippen molar-refractivity contribution in [2.24, 2.45) is 11.5 Å². The minimum absolute atomic E-state index is 0.0190. The van der Waals surface area contributed by atoms with Crippen LogP contribution in [0.15, 0.2) is 58.2 Å². The monoisotopic (exact) mass is 358 g/mol. The van der Waals surface area contributed by atoms with E-state index in [1.807, 2.05) is 39.0 Å². The zero-order chi connectivity index (χ0) is 20.3. The summed E-state index contributed by atoms with van der Waals surface area (Å²) in [5, 5.41) is 0. The van der Waals surface area contributed by atoms with Gasteiger partial charge in [0.15, 0.2) is 5.78 Å². The fourth-order valence-electron chi connectivity index (χ4n) is 2.47. The Kier molecular flexibility index (Phi) is 11.4. The van der Waals surface area contributed by atoms with Crippen molar-refractivity contribution in [1.82, 2.24) is 0 Å². The van der Waals surface area contributed by atoms with Crippen LogP contribution in [-0.2, 0) is 9.59 Å². The molecule has 0 aliphatic carbocycles. The van der Waals surface area contributed by atoms with E-state index in [1.165, 1.54) is 0 Å². The molecule has 4 N–H and O–H groups in total. The molecule has 0 saturated heterocycles. The van der Waals surface area contributed by atoms with Gasteiger partial charge in [-0.3, -0.25) is 9.59 Å². The van der Waals surface area contributed by atoms with E-state index in [4.69, 9.17) is 11.5 Å². The molecule has 0 aromatic carbocycles. The largest absolute Gasteiger partial charge is 0.330 e. The molecule has 0 heterocycles. The quantitative estimate of drug-likeness (QED) is 0.432. The Morgan fingerprint density at radius 3 is 1.88 bits per heavy atom. The van der Waals surface area contributed by atoms with E-state index < -0.39 is 0 Å². The molecule has 0 amide bonds. The fourth-order valence-corrected chi connectivity index (χ4v) is 2.47. The highest BCUT2D eigenvalue weighted by atomic mass is 16.1. The van der Waals surface area contributed by atoms with Gasteiger partial charge in [-0.15, -0.1) is 0 Å². The lowest BCUT2D eigenvalue weighted by molar-refractivity contribution is -0.116. The van der Waals surface area contributed by atoms with Crippen molar-refractivity contribution in [3.05, 3.63) is 58.2 Å². The van der Waals surface area contributed by atoms with Crippen LogP contribution in [0.2, 0.25) is 0 Å². The third-order valence-electron chi connectivity index (χ3n) is 4.33. The Morgan fingerprint density at radius 2 is 1.42 bits per heavy atom. The minimum Gasteiger partial charge on any atom is -0.330 e. The Bertz CT molecular complexity index is 662. The van der Waals surface area contributed by atoms with E-state index in [-0.39, 0.29) is 11.6 Å². The van der Waals surface area contributed by atoms with Crippen molar-refractivity contribution in [3.8, 4) is 0 Å². The standard InChI is InChI=1S/C22H34N2O2/c1-15(17(3)13-22(10-12-24)20(6)26)7-8-16(2)19(5)21(9-11-23)14-18(4)25/h7-8,13H,3,9-12,14,23-24H2,1-2,4-6H3/b15-7?,16-8+,21-19?,22-13-. The summed E-state index contributed by atoms with van der Waals surface area (Å²) in [5.41, 5.74) is 16.9. The first-order chi connectivity index (χ1) is 12.1. The molecule has 0 saturated carbocycles. The average molecular weight is 359 g/mol. The second-order valence-corrected chi connectivity index (χ2v) is 6.64. The second-order valence-electron chi connectivity index (χ2n) is 6.64. The molecule has 0 radical (unpaired) electrons. The molecule has 144 valence electrons. The number of carbonyl (C=O) groups is 2. The lowest BCUT2D eigenvalue weighted by Crippen LogP contribution is -2.06. The lowest BCUT2D eigenvalue weighted by atomic mass is 9.95. The Morgan fingerprint density at radius 1 is 0.885 bits per heavy atom. The molecule has 0 aromatic heterocycles. The normalized spacial score (nSPS) is 14.2. The summed E-state index contributed by atoms with van der Waals surface area (Å²) >= 11 is 0. The highest BCUT2D eigenvalue weighted by Gasteiger charge is 2.07. The predicted molar refractivity (Wildman–Crippen MR) is 111 cm³/mol. The molecule has 0 unspecified atom stereocenters. The zero-order valence-corrected chi connectivity index (χ0v) is 16.9. The Hall–Kier alpha value is -2.04. The summed E-state index contributed by atoms with van der Waals surface area (Å²) in [5.74, 6) is 0.160. The van der Waals surface area contributed by atoms with Gasteiger partial charge in [-0.05, 0) is 94.5 Å². The van der Waals surface area contributed by atoms with Crippen LogP contribution in [0.25, 0.3) is 0 Å². The van der Waals surface area contributed by atoms with Crippen molar-refractivity contribution in [1.29, 1.82) is 0 Å². The van der Waals surface area contributed by atoms with Crippen LogP contribution in [0.3, 0.4) is 0 Å². The van der Waals surface area contributed by atoms with Gasteiger partial charge in [-0.2, -0.15) is 0 Å². The highest BCUT2D eigenvalue weighted by molar-refractivity contribution is 5.93. The summed E-state index contributed by atoms with van der Waals surface area (Å²) in [4.78, 5) is 23.1. The molecule has 0 bridgehead atoms. The summed E-state index contributed by atoms with van der Waals surface area (Å²) in [6, 6.07) is 0. The lowest BCUT2D eigenvalue weighted by Gasteiger charge is -2.11. The molecule has 0 aliphatic rings. The number of Topliss-reactive ketones (excluding diaryl/α,β-unsaturated/α-hetero) is 2. The summed E-state index contributed by atoms with van der Waals surface area (Å²) in [7, 11) is 0. The third-order valence-corrected chi connectivity index (χ3v) is 4.33. The number of ketones is 2. The van der Waals surface area contributed by atoms with Gasteiger partial charge in [-0.25, -0.2) is 0 Å². The summed E-state index contributed by atoms with van der Waals surface area (Å²) in [6.45, 7) is 14.1. The SMILES string of the molecule is C=C(/C=C(/CCN)C(C)=O)C(C)=C/C=C(\C)C(C)=C(CCN)CC(C)=O. The first-order valence-corrected chi connectivity index (χ1v) is 8.98. The average Bonchev–Trinajstić information content (AvgIpc) is 2.57. The van der Waals surface area contributed by atoms with Gasteiger partial charge in [0, 0.05) is 6.42 Å². The number of allylic oxidation sites excluding steroid dienone is 7. The predicted octanol–water partition coefficient (Wildman–Crippen LogP) is 3.94. The summed E-state index contributed by atoms with van der Waals surface area (Å²) < 4.78 is 0. The summed E-state index contributed by atoms with van der Waals surface area (Å²) in [6.07, 6.45) is 7.50. The number of nitrogens with two attached hydrogens (primary N) is 2. The van der Waals surface area contributed by atoms with E-state index in [0.29, 0.717) is 31.5 Å². The molecule has 0 aromatic rings. The van der Waals surface area contributed by atoms with E-state index in [1.54, 1.807) is 13.8 Å². The van der Waals surface area contributed by atoms with Gasteiger partial charge < -0.3 is 11.5 Å². The van der Waals surface area contributed by atoms with Crippen LogP contribution in [0.1, 0.15) is 53.9 Å². The maximum absolute atomic E-state index is 11.6. The van der Waals surface area contributed by atoms with Crippen LogP contribution >= 0.6 is 0 Å². The molecule has 0 rings (SSSR count). The molecule has 26 heavy (non-hydrogen) atoms. The van der Waals surface area contributed by atoms with Crippen LogP contribution in [0, 0.1) is 0 Å². The van der Waals surface area contributed by atoms with E-state index in [0.717, 1.165) is 34.3 Å². The first kappa shape index (κ1) is 24.0. The fraction of sp³-hybridized carbons (Fsp3) is 0.455. The van der Waals surface area contributed by atoms with Crippen molar-refractivity contribution in [2.45, 2.75) is 53.9 Å². The number of rotatable bonds is 11. The number of hydrogen-bond acceptors (Lipinski definition) is 4. The van der Waals surface area contributed by atoms with Gasteiger partial charge >= 0.3 is 0 Å². The van der Waals surface area contributed by atoms with Gasteiger partial charge in [0.2, 0.25) is 0 Å². The van der Waals surface area contributed by atoms with E-state index in [2.05, 4.69) is 6.58 Å². The highest BCUT2D eigenvalue weighted by Crippen LogP contribution is 2.21. The topological polar surface area (TPSA) is 86.2 Å². The Labute approximate surface area is 158 Å². The van der Waals surface area contributed by atoms with Gasteiger partial charge in [0.05, 0.1) is 0 Å². The molecular formula is C22H34N2O2. The number of carbonyl (C=O) groups excluding carboxylic acids is 2. The van der Waals surface area contributed by atoms with E-state index in [9.17, 15) is 9.59 Å². The smallest absolute Gasteiger partial charge is 0.155 e. The van der Waals surface area contributed by atoms with Gasteiger partial charge in [-0.1, -0.05) is 24.3 Å². The van der Waals surface area contributed by atoms with Gasteiger partial charge in [0.1, 0.15) is 5.78 Å². The van der Waals surface area contributed by atoms with E-state index >= 15 is 0 Å². The maximum atomic E-state index is 11.6. The molecule has 0 spiro atoms. The third kappa shape index (κ3) is 8.88. The van der Waals surface area contributed by atoms with Crippen LogP contribution in [0.4, 0.5) is 0 Å². The number of hydrogen-bond donors (Lipinski definition) is 2. The van der Waals surface area contributed by atoms with Crippen molar-refractivity contribution in [3.63, 3.8) is 0 Å². The zero-order valence-electron chi connectivity index (χ0n) is 16.9. The minimum atomic E-state index is 0.0190.